The first kappa shape index (κ1) is 13.3. The molecule has 1 rings (SSSR count). The van der Waals surface area contributed by atoms with Gasteiger partial charge in [-0.15, -0.1) is 0 Å². The zero-order chi connectivity index (χ0) is 12.4. The number of hydrogen-bond donors (Lipinski definition) is 2. The third-order valence-corrected chi connectivity index (χ3v) is 7.79. The van der Waals surface area contributed by atoms with Crippen LogP contribution in [0.5, 0.6) is 0 Å². The van der Waals surface area contributed by atoms with E-state index in [2.05, 4.69) is 44.5 Å². The summed E-state index contributed by atoms with van der Waals surface area (Å²) in [7, 11) is -1.77. The van der Waals surface area contributed by atoms with E-state index in [9.17, 15) is 4.79 Å². The fraction of sp³-hybridized carbons (Fsp3) is 0.727. The summed E-state index contributed by atoms with van der Waals surface area (Å²) in [6.07, 6.45) is 1.74. The molecule has 4 nitrogen and oxygen atoms in total. The lowest BCUT2D eigenvalue weighted by atomic mass is 10.2. The molecule has 1 aliphatic heterocycles. The molecule has 0 aromatic carbocycles. The predicted octanol–water partition coefficient (Wildman–Crippen LogP) is 1.57. The predicted molar refractivity (Wildman–Crippen MR) is 67.4 cm³/mol. The zero-order valence-corrected chi connectivity index (χ0v) is 11.8. The van der Waals surface area contributed by atoms with E-state index < -0.39 is 8.32 Å². The summed E-state index contributed by atoms with van der Waals surface area (Å²) in [4.78, 5) is 11.5. The van der Waals surface area contributed by atoms with Crippen LogP contribution in [0.25, 0.3) is 0 Å². The second-order valence-electron chi connectivity index (χ2n) is 5.61. The highest BCUT2D eigenvalue weighted by molar-refractivity contribution is 6.74. The van der Waals surface area contributed by atoms with Crippen molar-refractivity contribution in [3.63, 3.8) is 0 Å². The van der Waals surface area contributed by atoms with Crippen LogP contribution in [0.4, 0.5) is 0 Å². The van der Waals surface area contributed by atoms with Crippen LogP contribution in [-0.2, 0) is 9.22 Å². The first-order valence-electron chi connectivity index (χ1n) is 5.58. The molecule has 0 bridgehead atoms. The topological polar surface area (TPSA) is 50.4 Å². The van der Waals surface area contributed by atoms with Gasteiger partial charge in [-0.25, -0.2) is 0 Å². The number of hydrogen-bond acceptors (Lipinski definition) is 3. The average Bonchev–Trinajstić information content (AvgIpc) is 2.15. The number of carbonyl (C=O) groups is 1. The Labute approximate surface area is 98.6 Å². The van der Waals surface area contributed by atoms with Gasteiger partial charge >= 0.3 is 0 Å². The number of nitrogens with one attached hydrogen (secondary N) is 2. The summed E-state index contributed by atoms with van der Waals surface area (Å²) in [6, 6.07) is 0. The van der Waals surface area contributed by atoms with Gasteiger partial charge in [0.05, 0.1) is 18.8 Å². The van der Waals surface area contributed by atoms with Gasteiger partial charge in [-0.3, -0.25) is 4.79 Å². The van der Waals surface area contributed by atoms with Crippen LogP contribution in [0.2, 0.25) is 18.1 Å². The quantitative estimate of drug-likeness (QED) is 0.739. The van der Waals surface area contributed by atoms with Crippen molar-refractivity contribution in [2.24, 2.45) is 0 Å². The highest BCUT2D eigenvalue weighted by Crippen LogP contribution is 2.36. The molecule has 0 saturated heterocycles. The van der Waals surface area contributed by atoms with Crippen molar-refractivity contribution in [1.29, 1.82) is 0 Å². The van der Waals surface area contributed by atoms with E-state index in [-0.39, 0.29) is 10.9 Å². The van der Waals surface area contributed by atoms with Crippen molar-refractivity contribution in [2.45, 2.75) is 38.9 Å². The van der Waals surface area contributed by atoms with E-state index in [1.165, 1.54) is 0 Å². The standard InChI is InChI=1S/C11H22N2O2Si/c1-11(2,3)16(4,5)15-7-9-6-12-8-13-10(9)14/h6,12H,7-8H2,1-5H3,(H,13,14). The summed E-state index contributed by atoms with van der Waals surface area (Å²) < 4.78 is 5.97. The van der Waals surface area contributed by atoms with Gasteiger partial charge in [0.15, 0.2) is 8.32 Å². The monoisotopic (exact) mass is 242 g/mol. The highest BCUT2D eigenvalue weighted by Gasteiger charge is 2.37. The Bertz CT molecular complexity index is 306. The van der Waals surface area contributed by atoms with Crippen molar-refractivity contribution in [2.75, 3.05) is 13.3 Å². The second kappa shape index (κ2) is 4.59. The van der Waals surface area contributed by atoms with Gasteiger partial charge in [0, 0.05) is 6.20 Å². The maximum atomic E-state index is 11.5. The minimum absolute atomic E-state index is 0.0301. The Morgan fingerprint density at radius 3 is 2.56 bits per heavy atom. The Hall–Kier alpha value is -0.813. The van der Waals surface area contributed by atoms with E-state index >= 15 is 0 Å². The molecule has 0 spiro atoms. The average molecular weight is 242 g/mol. The van der Waals surface area contributed by atoms with Gasteiger partial charge in [0.2, 0.25) is 0 Å². The largest absolute Gasteiger partial charge is 0.412 e. The van der Waals surface area contributed by atoms with Gasteiger partial charge < -0.3 is 15.1 Å². The molecule has 0 aliphatic carbocycles. The Morgan fingerprint density at radius 2 is 2.06 bits per heavy atom. The molecule has 1 heterocycles. The van der Waals surface area contributed by atoms with Crippen LogP contribution in [0.15, 0.2) is 11.8 Å². The van der Waals surface area contributed by atoms with Crippen molar-refractivity contribution >= 4 is 14.2 Å². The van der Waals surface area contributed by atoms with E-state index in [0.717, 1.165) is 0 Å². The van der Waals surface area contributed by atoms with Gasteiger partial charge in [-0.2, -0.15) is 0 Å². The number of carbonyl (C=O) groups excluding carboxylic acids is 1. The molecule has 0 unspecified atom stereocenters. The Kier molecular flexibility index (Phi) is 3.80. The van der Waals surface area contributed by atoms with Crippen LogP contribution in [0.1, 0.15) is 20.8 Å². The van der Waals surface area contributed by atoms with Crippen molar-refractivity contribution < 1.29 is 9.22 Å². The molecule has 5 heteroatoms. The molecule has 0 atom stereocenters. The Balaban J connectivity index is 2.57. The van der Waals surface area contributed by atoms with Crippen LogP contribution in [0, 0.1) is 0 Å². The first-order chi connectivity index (χ1) is 7.24. The van der Waals surface area contributed by atoms with E-state index in [1.807, 2.05) is 0 Å². The first-order valence-corrected chi connectivity index (χ1v) is 8.49. The summed E-state index contributed by atoms with van der Waals surface area (Å²) in [5.41, 5.74) is 0.677. The lowest BCUT2D eigenvalue weighted by Crippen LogP contribution is -2.44. The number of amides is 1. The molecule has 0 radical (unpaired) electrons. The molecule has 16 heavy (non-hydrogen) atoms. The SMILES string of the molecule is CC(C)(C)[Si](C)(C)OCC1=CNCNC1=O. The van der Waals surface area contributed by atoms with Gasteiger partial charge in [0.25, 0.3) is 5.91 Å². The fourth-order valence-electron chi connectivity index (χ4n) is 1.07. The molecular weight excluding hydrogens is 220 g/mol. The summed E-state index contributed by atoms with van der Waals surface area (Å²) >= 11 is 0. The summed E-state index contributed by atoms with van der Waals surface area (Å²) in [5, 5.41) is 5.88. The maximum Gasteiger partial charge on any atom is 0.252 e. The third kappa shape index (κ3) is 3.09. The van der Waals surface area contributed by atoms with Crippen molar-refractivity contribution in [3.05, 3.63) is 11.8 Å². The molecular formula is C11H22N2O2Si. The minimum atomic E-state index is -1.77. The zero-order valence-electron chi connectivity index (χ0n) is 10.8. The molecule has 1 amide bonds. The van der Waals surface area contributed by atoms with Crippen molar-refractivity contribution in [3.8, 4) is 0 Å². The molecule has 1 aliphatic rings. The molecule has 0 saturated carbocycles. The smallest absolute Gasteiger partial charge is 0.252 e. The van der Waals surface area contributed by atoms with Gasteiger partial charge in [-0.05, 0) is 18.1 Å². The Morgan fingerprint density at radius 1 is 1.44 bits per heavy atom. The van der Waals surface area contributed by atoms with Crippen LogP contribution >= 0.6 is 0 Å². The number of rotatable bonds is 3. The van der Waals surface area contributed by atoms with Crippen molar-refractivity contribution in [1.82, 2.24) is 10.6 Å². The lowest BCUT2D eigenvalue weighted by molar-refractivity contribution is -0.118. The third-order valence-electron chi connectivity index (χ3n) is 3.31. The van der Waals surface area contributed by atoms with E-state index in [1.54, 1.807) is 6.20 Å². The van der Waals surface area contributed by atoms with E-state index in [4.69, 9.17) is 4.43 Å². The summed E-state index contributed by atoms with van der Waals surface area (Å²) in [6.45, 7) is 11.8. The minimum Gasteiger partial charge on any atom is -0.412 e. The second-order valence-corrected chi connectivity index (χ2v) is 10.4. The molecule has 92 valence electrons. The molecule has 2 N–H and O–H groups in total. The highest BCUT2D eigenvalue weighted by atomic mass is 28.4. The summed E-state index contributed by atoms with van der Waals surface area (Å²) in [5.74, 6) is -0.0301. The molecule has 0 aromatic heterocycles. The molecule has 0 aromatic rings. The van der Waals surface area contributed by atoms with E-state index in [0.29, 0.717) is 18.8 Å². The normalized spacial score (nSPS) is 17.6. The van der Waals surface area contributed by atoms with Crippen LogP contribution in [-0.4, -0.2) is 27.5 Å². The maximum absolute atomic E-state index is 11.5. The van der Waals surface area contributed by atoms with Gasteiger partial charge in [0.1, 0.15) is 0 Å². The fourth-order valence-corrected chi connectivity index (χ4v) is 2.02. The lowest BCUT2D eigenvalue weighted by Gasteiger charge is -2.36. The van der Waals surface area contributed by atoms with Gasteiger partial charge in [-0.1, -0.05) is 20.8 Å². The van der Waals surface area contributed by atoms with Crippen LogP contribution < -0.4 is 10.6 Å². The molecule has 0 fully saturated rings. The van der Waals surface area contributed by atoms with Crippen LogP contribution in [0.3, 0.4) is 0 Å².